The van der Waals surface area contributed by atoms with Gasteiger partial charge in [-0.1, -0.05) is 104 Å². The first-order valence-corrected chi connectivity index (χ1v) is 12.3. The number of benzene rings is 3. The van der Waals surface area contributed by atoms with Crippen LogP contribution in [0.2, 0.25) is 0 Å². The highest BCUT2D eigenvalue weighted by Crippen LogP contribution is 2.23. The van der Waals surface area contributed by atoms with Crippen molar-refractivity contribution in [3.05, 3.63) is 150 Å². The summed E-state index contributed by atoms with van der Waals surface area (Å²) in [6.45, 7) is 4.31. The molecule has 0 aliphatic heterocycles. The third-order valence-electron chi connectivity index (χ3n) is 6.00. The van der Waals surface area contributed by atoms with Gasteiger partial charge in [0.25, 0.3) is 0 Å². The van der Waals surface area contributed by atoms with Gasteiger partial charge in [0.15, 0.2) is 0 Å². The second kappa shape index (κ2) is 12.3. The van der Waals surface area contributed by atoms with Crippen molar-refractivity contribution in [1.82, 2.24) is 10.3 Å². The van der Waals surface area contributed by atoms with E-state index in [4.69, 9.17) is 5.73 Å². The highest BCUT2D eigenvalue weighted by molar-refractivity contribution is 5.89. The van der Waals surface area contributed by atoms with Gasteiger partial charge in [-0.05, 0) is 53.8 Å². The number of nitrogens with two attached hydrogens (primary N) is 1. The summed E-state index contributed by atoms with van der Waals surface area (Å²) in [4.78, 5) is 3.40. The van der Waals surface area contributed by atoms with Crippen molar-refractivity contribution in [2.45, 2.75) is 20.3 Å². The molecule has 4 rings (SSSR count). The van der Waals surface area contributed by atoms with Crippen molar-refractivity contribution < 1.29 is 0 Å². The average Bonchev–Trinajstić information content (AvgIpc) is 3.00. The molecule has 0 bridgehead atoms. The van der Waals surface area contributed by atoms with E-state index >= 15 is 0 Å². The highest BCUT2D eigenvalue weighted by Gasteiger charge is 2.07. The Morgan fingerprint density at radius 2 is 1.44 bits per heavy atom. The van der Waals surface area contributed by atoms with Crippen molar-refractivity contribution in [1.29, 1.82) is 0 Å². The van der Waals surface area contributed by atoms with Gasteiger partial charge in [0.1, 0.15) is 0 Å². The predicted octanol–water partition coefficient (Wildman–Crippen LogP) is 7.98. The molecule has 1 heterocycles. The van der Waals surface area contributed by atoms with Crippen molar-refractivity contribution in [2.75, 3.05) is 0 Å². The summed E-state index contributed by atoms with van der Waals surface area (Å²) < 4.78 is 0. The van der Waals surface area contributed by atoms with E-state index in [9.17, 15) is 0 Å². The van der Waals surface area contributed by atoms with Gasteiger partial charge < -0.3 is 16.0 Å². The van der Waals surface area contributed by atoms with E-state index in [0.29, 0.717) is 5.70 Å². The smallest absolute Gasteiger partial charge is 0.0693 e. The van der Waals surface area contributed by atoms with Crippen LogP contribution < -0.4 is 11.1 Å². The van der Waals surface area contributed by atoms with E-state index < -0.39 is 0 Å². The number of H-pyrrole nitrogens is 1. The molecule has 3 heteroatoms. The van der Waals surface area contributed by atoms with Crippen LogP contribution >= 0.6 is 0 Å². The second-order valence-electron chi connectivity index (χ2n) is 8.56. The number of nitrogens with one attached hydrogen (secondary N) is 2. The number of allylic oxidation sites excluding steroid dienone is 3. The fraction of sp³-hybridized carbons (Fsp3) is 0.0909. The predicted molar refractivity (Wildman–Crippen MR) is 155 cm³/mol. The van der Waals surface area contributed by atoms with Gasteiger partial charge in [-0.15, -0.1) is 0 Å². The lowest BCUT2D eigenvalue weighted by Crippen LogP contribution is -2.11. The minimum atomic E-state index is 0.704. The Morgan fingerprint density at radius 3 is 2.17 bits per heavy atom. The van der Waals surface area contributed by atoms with Crippen LogP contribution in [0.3, 0.4) is 0 Å². The van der Waals surface area contributed by atoms with Crippen LogP contribution in [-0.2, 0) is 0 Å². The molecule has 3 nitrogen and oxygen atoms in total. The topological polar surface area (TPSA) is 53.8 Å². The van der Waals surface area contributed by atoms with Gasteiger partial charge in [0.2, 0.25) is 0 Å². The second-order valence-corrected chi connectivity index (χ2v) is 8.56. The lowest BCUT2D eigenvalue weighted by atomic mass is 10.0. The monoisotopic (exact) mass is 471 g/mol. The first-order chi connectivity index (χ1) is 17.7. The number of aryl methyl sites for hydroxylation is 1. The number of aromatic amines is 1. The van der Waals surface area contributed by atoms with Crippen LogP contribution in [0.15, 0.2) is 128 Å². The Bertz CT molecular complexity index is 1440. The third-order valence-corrected chi connectivity index (χ3v) is 6.00. The van der Waals surface area contributed by atoms with Crippen molar-refractivity contribution in [2.24, 2.45) is 5.73 Å². The molecule has 0 atom stereocenters. The summed E-state index contributed by atoms with van der Waals surface area (Å²) in [6, 6.07) is 35.1. The zero-order valence-electron chi connectivity index (χ0n) is 20.9. The lowest BCUT2D eigenvalue weighted by molar-refractivity contribution is 1.20. The molecular weight excluding hydrogens is 438 g/mol. The van der Waals surface area contributed by atoms with E-state index in [-0.39, 0.29) is 0 Å². The Morgan fingerprint density at radius 1 is 0.806 bits per heavy atom. The molecule has 0 radical (unpaired) electrons. The van der Waals surface area contributed by atoms with Crippen LogP contribution in [0.5, 0.6) is 0 Å². The molecule has 0 spiro atoms. The van der Waals surface area contributed by atoms with Gasteiger partial charge in [0, 0.05) is 28.9 Å². The number of rotatable bonds is 7. The molecule has 0 amide bonds. The van der Waals surface area contributed by atoms with Crippen LogP contribution in [0.25, 0.3) is 27.9 Å². The van der Waals surface area contributed by atoms with E-state index in [2.05, 4.69) is 90.9 Å². The molecule has 0 aliphatic rings. The Labute approximate surface area is 214 Å². The summed E-state index contributed by atoms with van der Waals surface area (Å²) in [5, 5.41) is 4.68. The normalized spacial score (nSPS) is 12.3. The molecule has 0 unspecified atom stereocenters. The Hall–Kier alpha value is -4.50. The maximum absolute atomic E-state index is 6.64. The lowest BCUT2D eigenvalue weighted by Gasteiger charge is -2.13. The van der Waals surface area contributed by atoms with Crippen LogP contribution in [0.1, 0.15) is 35.6 Å². The highest BCUT2D eigenvalue weighted by atomic mass is 14.9. The van der Waals surface area contributed by atoms with Gasteiger partial charge >= 0.3 is 0 Å². The number of hydrogen-bond donors (Lipinski definition) is 3. The maximum Gasteiger partial charge on any atom is 0.0693 e. The summed E-state index contributed by atoms with van der Waals surface area (Å²) in [5.41, 5.74) is 14.8. The third kappa shape index (κ3) is 6.13. The summed E-state index contributed by atoms with van der Waals surface area (Å²) in [7, 11) is 0. The number of hydrogen-bond acceptors (Lipinski definition) is 2. The molecule has 0 fully saturated rings. The average molecular weight is 472 g/mol. The van der Waals surface area contributed by atoms with Gasteiger partial charge in [-0.25, -0.2) is 0 Å². The van der Waals surface area contributed by atoms with Crippen molar-refractivity contribution in [3.8, 4) is 0 Å². The quantitative estimate of drug-likeness (QED) is 0.189. The van der Waals surface area contributed by atoms with Crippen molar-refractivity contribution in [3.63, 3.8) is 0 Å². The largest absolute Gasteiger partial charge is 0.397 e. The van der Waals surface area contributed by atoms with E-state index in [1.807, 2.05) is 60.9 Å². The summed E-state index contributed by atoms with van der Waals surface area (Å²) >= 11 is 0. The SMILES string of the molecule is CC/C=C(\C=C/N/C(=C(\N)c1ccccc1)c1ccccc1)c1ccc[nH]c2ccccc2c(C)c1. The van der Waals surface area contributed by atoms with Crippen LogP contribution in [-0.4, -0.2) is 4.98 Å². The molecule has 3 aromatic carbocycles. The molecule has 1 aromatic heterocycles. The number of para-hydroxylation sites is 1. The van der Waals surface area contributed by atoms with Gasteiger partial charge in [-0.3, -0.25) is 0 Å². The first kappa shape index (κ1) is 24.6. The number of aromatic nitrogens is 1. The van der Waals surface area contributed by atoms with E-state index in [1.54, 1.807) is 0 Å². The Balaban J connectivity index is 1.73. The van der Waals surface area contributed by atoms with Crippen LogP contribution in [0.4, 0.5) is 0 Å². The molecule has 0 saturated carbocycles. The Kier molecular flexibility index (Phi) is 8.39. The minimum Gasteiger partial charge on any atom is -0.397 e. The van der Waals surface area contributed by atoms with E-state index in [0.717, 1.165) is 39.9 Å². The summed E-state index contributed by atoms with van der Waals surface area (Å²) in [5.74, 6) is 0. The fourth-order valence-electron chi connectivity index (χ4n) is 4.18. The molecule has 0 saturated heterocycles. The van der Waals surface area contributed by atoms with E-state index in [1.165, 1.54) is 10.9 Å². The first-order valence-electron chi connectivity index (χ1n) is 12.3. The fourth-order valence-corrected chi connectivity index (χ4v) is 4.18. The van der Waals surface area contributed by atoms with Gasteiger partial charge in [0.05, 0.1) is 11.4 Å². The standard InChI is InChI=1S/C33H33N3/c1-3-13-26(29-18-12-22-35-31-20-11-10-19-30(31)25(2)24-29)21-23-36-33(28-16-8-5-9-17-28)32(34)27-14-6-4-7-15-27/h4-24,35-36H,3,34H2,1-2H3/b22-12?,23-21-,25-24?,26-13+,29-18?,33-32-. The molecule has 36 heavy (non-hydrogen) atoms. The summed E-state index contributed by atoms with van der Waals surface area (Å²) in [6.07, 6.45) is 9.24. The maximum atomic E-state index is 6.64. The molecule has 180 valence electrons. The van der Waals surface area contributed by atoms with Gasteiger partial charge in [-0.2, -0.15) is 0 Å². The van der Waals surface area contributed by atoms with Crippen LogP contribution in [0, 0.1) is 6.92 Å². The zero-order valence-corrected chi connectivity index (χ0v) is 20.9. The number of fused-ring (bicyclic) bond motifs is 1. The zero-order chi connectivity index (χ0) is 25.2. The molecular formula is C33H33N3. The minimum absolute atomic E-state index is 0.704. The molecule has 4 aromatic rings. The molecule has 0 aliphatic carbocycles. The van der Waals surface area contributed by atoms with Crippen molar-refractivity contribution >= 4 is 27.9 Å². The molecule has 4 N–H and O–H groups in total.